The van der Waals surface area contributed by atoms with Crippen molar-refractivity contribution in [3.05, 3.63) is 48.2 Å². The number of hydrogen-bond acceptors (Lipinski definition) is 4. The minimum absolute atomic E-state index is 0.173. The van der Waals surface area contributed by atoms with Gasteiger partial charge in [-0.15, -0.1) is 0 Å². The van der Waals surface area contributed by atoms with E-state index in [9.17, 15) is 4.79 Å². The molecule has 1 amide bonds. The molecule has 0 aliphatic carbocycles. The van der Waals surface area contributed by atoms with Crippen molar-refractivity contribution in [1.29, 1.82) is 0 Å². The number of H-pyrrole nitrogens is 1. The van der Waals surface area contributed by atoms with Gasteiger partial charge in [0, 0.05) is 11.6 Å². The molecule has 0 aliphatic rings. The first-order valence-electron chi connectivity index (χ1n) is 5.44. The van der Waals surface area contributed by atoms with Crippen LogP contribution in [0.1, 0.15) is 16.2 Å². The zero-order chi connectivity index (χ0) is 12.4. The lowest BCUT2D eigenvalue weighted by Gasteiger charge is -2.03. The molecule has 2 aromatic heterocycles. The van der Waals surface area contributed by atoms with Gasteiger partial charge in [0.1, 0.15) is 0 Å². The summed E-state index contributed by atoms with van der Waals surface area (Å²) < 4.78 is 4.59. The number of rotatable bonds is 3. The fourth-order valence-corrected chi connectivity index (χ4v) is 1.80. The molecular formula is C12H10N4O2. The number of carbonyl (C=O) groups is 1. The van der Waals surface area contributed by atoms with Gasteiger partial charge in [-0.05, 0) is 12.1 Å². The van der Waals surface area contributed by atoms with Crippen LogP contribution >= 0.6 is 0 Å². The summed E-state index contributed by atoms with van der Waals surface area (Å²) in [4.78, 5) is 18.9. The fourth-order valence-electron chi connectivity index (χ4n) is 1.80. The lowest BCUT2D eigenvalue weighted by atomic mass is 10.1. The molecule has 0 unspecified atom stereocenters. The van der Waals surface area contributed by atoms with Gasteiger partial charge in [0.2, 0.25) is 6.39 Å². The summed E-state index contributed by atoms with van der Waals surface area (Å²) in [6.45, 7) is 0.242. The van der Waals surface area contributed by atoms with Crippen LogP contribution < -0.4 is 5.32 Å². The van der Waals surface area contributed by atoms with E-state index in [4.69, 9.17) is 0 Å². The van der Waals surface area contributed by atoms with Gasteiger partial charge >= 0.3 is 0 Å². The number of para-hydroxylation sites is 1. The third kappa shape index (κ3) is 1.84. The molecule has 0 atom stereocenters. The first-order valence-corrected chi connectivity index (χ1v) is 5.44. The summed E-state index contributed by atoms with van der Waals surface area (Å²) in [5, 5.41) is 7.37. The number of fused-ring (bicyclic) bond motifs is 1. The monoisotopic (exact) mass is 242 g/mol. The highest BCUT2D eigenvalue weighted by atomic mass is 16.5. The second-order valence-electron chi connectivity index (χ2n) is 3.78. The van der Waals surface area contributed by atoms with Gasteiger partial charge in [-0.25, -0.2) is 0 Å². The molecular weight excluding hydrogens is 232 g/mol. The summed E-state index contributed by atoms with van der Waals surface area (Å²) in [6, 6.07) is 7.48. The Labute approximate surface area is 102 Å². The molecule has 2 N–H and O–H groups in total. The molecule has 0 bridgehead atoms. The Morgan fingerprint density at radius 1 is 1.39 bits per heavy atom. The summed E-state index contributed by atoms with van der Waals surface area (Å²) in [5.74, 6) is 0.273. The Morgan fingerprint density at radius 3 is 3.17 bits per heavy atom. The first kappa shape index (κ1) is 10.5. The van der Waals surface area contributed by atoms with Gasteiger partial charge < -0.3 is 14.8 Å². The van der Waals surface area contributed by atoms with Crippen LogP contribution in [0.15, 0.2) is 41.4 Å². The van der Waals surface area contributed by atoms with Crippen LogP contribution in [0.2, 0.25) is 0 Å². The van der Waals surface area contributed by atoms with Gasteiger partial charge in [-0.1, -0.05) is 17.3 Å². The van der Waals surface area contributed by atoms with E-state index in [0.29, 0.717) is 11.4 Å². The number of amides is 1. The average Bonchev–Trinajstić information content (AvgIpc) is 3.05. The molecule has 3 rings (SSSR count). The van der Waals surface area contributed by atoms with Crippen molar-refractivity contribution in [2.75, 3.05) is 0 Å². The van der Waals surface area contributed by atoms with E-state index >= 15 is 0 Å². The average molecular weight is 242 g/mol. The molecule has 18 heavy (non-hydrogen) atoms. The van der Waals surface area contributed by atoms with E-state index in [1.807, 2.05) is 18.2 Å². The molecule has 3 aromatic rings. The van der Waals surface area contributed by atoms with Gasteiger partial charge in [0.05, 0.1) is 17.6 Å². The second-order valence-corrected chi connectivity index (χ2v) is 3.78. The third-order valence-corrected chi connectivity index (χ3v) is 2.65. The molecule has 6 nitrogen and oxygen atoms in total. The van der Waals surface area contributed by atoms with E-state index in [0.717, 1.165) is 10.9 Å². The van der Waals surface area contributed by atoms with Crippen molar-refractivity contribution in [3.8, 4) is 0 Å². The summed E-state index contributed by atoms with van der Waals surface area (Å²) in [7, 11) is 0. The highest BCUT2D eigenvalue weighted by Crippen LogP contribution is 2.16. The van der Waals surface area contributed by atoms with Crippen LogP contribution in [0.5, 0.6) is 0 Å². The highest BCUT2D eigenvalue weighted by molar-refractivity contribution is 6.05. The standard InChI is InChI=1S/C12H10N4O2/c17-12(14-6-10-15-7-18-16-10)9-3-1-2-8-4-5-13-11(8)9/h1-5,7,13H,6H2,(H,14,17). The maximum absolute atomic E-state index is 12.0. The number of nitrogens with one attached hydrogen (secondary N) is 2. The van der Waals surface area contributed by atoms with Crippen molar-refractivity contribution in [3.63, 3.8) is 0 Å². The van der Waals surface area contributed by atoms with Crippen molar-refractivity contribution in [1.82, 2.24) is 20.4 Å². The smallest absolute Gasteiger partial charge is 0.253 e. The number of aromatic amines is 1. The van der Waals surface area contributed by atoms with Gasteiger partial charge in [-0.3, -0.25) is 4.79 Å². The van der Waals surface area contributed by atoms with E-state index in [2.05, 4.69) is 25.0 Å². The van der Waals surface area contributed by atoms with Gasteiger partial charge in [0.25, 0.3) is 5.91 Å². The maximum atomic E-state index is 12.0. The minimum atomic E-state index is -0.173. The molecule has 0 aliphatic heterocycles. The molecule has 0 saturated carbocycles. The SMILES string of the molecule is O=C(NCc1ncon1)c1cccc2cc[nH]c12. The lowest BCUT2D eigenvalue weighted by Crippen LogP contribution is -2.23. The predicted octanol–water partition coefficient (Wildman–Crippen LogP) is 1.48. The molecule has 2 heterocycles. The minimum Gasteiger partial charge on any atom is -0.361 e. The summed E-state index contributed by atoms with van der Waals surface area (Å²) >= 11 is 0. The summed E-state index contributed by atoms with van der Waals surface area (Å²) in [6.07, 6.45) is 3.04. The highest BCUT2D eigenvalue weighted by Gasteiger charge is 2.11. The van der Waals surface area contributed by atoms with Crippen LogP contribution in [0.25, 0.3) is 10.9 Å². The van der Waals surface area contributed by atoms with E-state index in [-0.39, 0.29) is 12.5 Å². The topological polar surface area (TPSA) is 83.8 Å². The molecule has 0 spiro atoms. The van der Waals surface area contributed by atoms with Crippen LogP contribution in [-0.2, 0) is 6.54 Å². The van der Waals surface area contributed by atoms with Crippen LogP contribution in [-0.4, -0.2) is 21.0 Å². The molecule has 0 fully saturated rings. The van der Waals surface area contributed by atoms with Crippen LogP contribution in [0.4, 0.5) is 0 Å². The maximum Gasteiger partial charge on any atom is 0.253 e. The first-order chi connectivity index (χ1) is 8.84. The lowest BCUT2D eigenvalue weighted by molar-refractivity contribution is 0.0951. The number of aromatic nitrogens is 3. The van der Waals surface area contributed by atoms with Crippen LogP contribution in [0, 0.1) is 0 Å². The Bertz CT molecular complexity index is 672. The number of benzene rings is 1. The number of nitrogens with zero attached hydrogens (tertiary/aromatic N) is 2. The van der Waals surface area contributed by atoms with E-state index < -0.39 is 0 Å². The Morgan fingerprint density at radius 2 is 2.33 bits per heavy atom. The molecule has 0 saturated heterocycles. The molecule has 6 heteroatoms. The third-order valence-electron chi connectivity index (χ3n) is 2.65. The van der Waals surface area contributed by atoms with E-state index in [1.54, 1.807) is 12.3 Å². The van der Waals surface area contributed by atoms with Crippen LogP contribution in [0.3, 0.4) is 0 Å². The fraction of sp³-hybridized carbons (Fsp3) is 0.0833. The van der Waals surface area contributed by atoms with Gasteiger partial charge in [0.15, 0.2) is 5.82 Å². The zero-order valence-corrected chi connectivity index (χ0v) is 9.38. The quantitative estimate of drug-likeness (QED) is 0.728. The predicted molar refractivity (Wildman–Crippen MR) is 63.8 cm³/mol. The van der Waals surface area contributed by atoms with Crippen molar-refractivity contribution in [2.45, 2.75) is 6.54 Å². The second kappa shape index (κ2) is 4.33. The molecule has 1 aromatic carbocycles. The Balaban J connectivity index is 1.81. The van der Waals surface area contributed by atoms with E-state index in [1.165, 1.54) is 6.39 Å². The van der Waals surface area contributed by atoms with Crippen molar-refractivity contribution >= 4 is 16.8 Å². The molecule has 90 valence electrons. The Hall–Kier alpha value is -2.63. The van der Waals surface area contributed by atoms with Gasteiger partial charge in [-0.2, -0.15) is 4.98 Å². The van der Waals surface area contributed by atoms with Crippen molar-refractivity contribution in [2.24, 2.45) is 0 Å². The van der Waals surface area contributed by atoms with Crippen molar-refractivity contribution < 1.29 is 9.32 Å². The zero-order valence-electron chi connectivity index (χ0n) is 9.38. The normalized spacial score (nSPS) is 10.7. The largest absolute Gasteiger partial charge is 0.361 e. The molecule has 0 radical (unpaired) electrons. The number of carbonyl (C=O) groups excluding carboxylic acids is 1. The number of hydrogen-bond donors (Lipinski definition) is 2. The Kier molecular flexibility index (Phi) is 2.53. The summed E-state index contributed by atoms with van der Waals surface area (Å²) in [5.41, 5.74) is 1.42.